The number of rotatable bonds is 5. The molecular formula is C14H14ClN5O3S. The summed E-state index contributed by atoms with van der Waals surface area (Å²) in [7, 11) is -2.48. The van der Waals surface area contributed by atoms with Gasteiger partial charge in [-0.3, -0.25) is 14.0 Å². The van der Waals surface area contributed by atoms with Crippen molar-refractivity contribution in [3.8, 4) is 0 Å². The van der Waals surface area contributed by atoms with Crippen LogP contribution in [0.2, 0.25) is 5.15 Å². The number of benzene rings is 1. The van der Waals surface area contributed by atoms with Crippen LogP contribution in [0.4, 0.5) is 11.4 Å². The maximum Gasteiger partial charge on any atom is 0.357 e. The van der Waals surface area contributed by atoms with Crippen LogP contribution in [-0.2, 0) is 23.9 Å². The average molecular weight is 368 g/mol. The number of aromatic nitrogens is 3. The van der Waals surface area contributed by atoms with Crippen LogP contribution in [0.3, 0.4) is 0 Å². The number of fused-ring (bicyclic) bond motifs is 1. The minimum Gasteiger partial charge on any atom is -0.380 e. The summed E-state index contributed by atoms with van der Waals surface area (Å²) in [5.41, 5.74) is 2.68. The Kier molecular flexibility index (Phi) is 4.31. The van der Waals surface area contributed by atoms with Crippen molar-refractivity contribution in [1.29, 1.82) is 0 Å². The summed E-state index contributed by atoms with van der Waals surface area (Å²) in [4.78, 5) is 4.23. The molecule has 0 bridgehead atoms. The van der Waals surface area contributed by atoms with Crippen molar-refractivity contribution < 1.29 is 13.0 Å². The van der Waals surface area contributed by atoms with Gasteiger partial charge in [-0.1, -0.05) is 23.7 Å². The van der Waals surface area contributed by atoms with Gasteiger partial charge in [0.25, 0.3) is 0 Å². The third-order valence-corrected chi connectivity index (χ3v) is 4.04. The van der Waals surface area contributed by atoms with Crippen molar-refractivity contribution in [2.24, 2.45) is 7.05 Å². The zero-order chi connectivity index (χ0) is 17.3. The third-order valence-electron chi connectivity index (χ3n) is 3.36. The van der Waals surface area contributed by atoms with Gasteiger partial charge in [0.05, 0.1) is 23.0 Å². The van der Waals surface area contributed by atoms with Gasteiger partial charge in [0, 0.05) is 13.6 Å². The first-order valence-corrected chi connectivity index (χ1v) is 8.70. The summed E-state index contributed by atoms with van der Waals surface area (Å²) in [5, 5.41) is 8.64. The van der Waals surface area contributed by atoms with Crippen LogP contribution >= 0.6 is 11.6 Å². The highest BCUT2D eigenvalue weighted by atomic mass is 35.5. The molecule has 2 aromatic heterocycles. The van der Waals surface area contributed by atoms with Gasteiger partial charge in [-0.05, 0) is 23.8 Å². The van der Waals surface area contributed by atoms with Gasteiger partial charge in [-0.15, -0.1) is 0 Å². The number of hydrogen-bond acceptors (Lipinski definition) is 5. The fourth-order valence-electron chi connectivity index (χ4n) is 2.27. The smallest absolute Gasteiger partial charge is 0.357 e. The molecule has 0 aliphatic carbocycles. The Morgan fingerprint density at radius 1 is 1.29 bits per heavy atom. The third kappa shape index (κ3) is 3.75. The van der Waals surface area contributed by atoms with E-state index in [9.17, 15) is 8.42 Å². The molecule has 0 spiro atoms. The van der Waals surface area contributed by atoms with E-state index in [1.54, 1.807) is 48.3 Å². The Bertz CT molecular complexity index is 986. The van der Waals surface area contributed by atoms with E-state index >= 15 is 0 Å². The largest absolute Gasteiger partial charge is 0.380 e. The molecule has 0 amide bonds. The molecule has 0 aliphatic heterocycles. The van der Waals surface area contributed by atoms with Crippen molar-refractivity contribution in [3.05, 3.63) is 47.2 Å². The molecule has 1 aromatic carbocycles. The van der Waals surface area contributed by atoms with E-state index < -0.39 is 10.3 Å². The van der Waals surface area contributed by atoms with E-state index in [1.165, 1.54) is 0 Å². The predicted molar refractivity (Wildman–Crippen MR) is 92.5 cm³/mol. The quantitative estimate of drug-likeness (QED) is 0.472. The summed E-state index contributed by atoms with van der Waals surface area (Å²) in [6.45, 7) is 0.497. The van der Waals surface area contributed by atoms with Crippen LogP contribution in [0.25, 0.3) is 11.0 Å². The molecule has 0 fully saturated rings. The molecule has 0 saturated heterocycles. The maximum atomic E-state index is 10.8. The zero-order valence-corrected chi connectivity index (χ0v) is 14.1. The number of hydrogen-bond donors (Lipinski definition) is 3. The molecule has 24 heavy (non-hydrogen) atoms. The van der Waals surface area contributed by atoms with Gasteiger partial charge in [-0.2, -0.15) is 13.5 Å². The summed E-state index contributed by atoms with van der Waals surface area (Å²) in [6, 6.07) is 8.32. The Balaban J connectivity index is 1.76. The monoisotopic (exact) mass is 367 g/mol. The van der Waals surface area contributed by atoms with E-state index in [0.29, 0.717) is 17.3 Å². The SMILES string of the molecule is Cn1ncc2c(NCc3ccc(NS(=O)(=O)O)cc3)cc(Cl)nc21. The van der Waals surface area contributed by atoms with Crippen LogP contribution < -0.4 is 10.0 Å². The highest BCUT2D eigenvalue weighted by Crippen LogP contribution is 2.25. The Hall–Kier alpha value is -2.36. The average Bonchev–Trinajstić information content (AvgIpc) is 2.86. The molecule has 0 saturated carbocycles. The maximum absolute atomic E-state index is 10.8. The lowest BCUT2D eigenvalue weighted by molar-refractivity contribution is 0.489. The zero-order valence-electron chi connectivity index (χ0n) is 12.6. The van der Waals surface area contributed by atoms with Crippen LogP contribution in [0, 0.1) is 0 Å². The van der Waals surface area contributed by atoms with E-state index in [-0.39, 0.29) is 5.69 Å². The molecule has 8 nitrogen and oxygen atoms in total. The molecule has 3 aromatic rings. The van der Waals surface area contributed by atoms with Crippen molar-refractivity contribution in [3.63, 3.8) is 0 Å². The topological polar surface area (TPSA) is 109 Å². The lowest BCUT2D eigenvalue weighted by atomic mass is 10.2. The Morgan fingerprint density at radius 2 is 2.00 bits per heavy atom. The number of halogens is 1. The van der Waals surface area contributed by atoms with Gasteiger partial charge in [-0.25, -0.2) is 4.98 Å². The second kappa shape index (κ2) is 6.27. The number of nitrogens with zero attached hydrogens (tertiary/aromatic N) is 3. The Labute approximate surface area is 143 Å². The van der Waals surface area contributed by atoms with Gasteiger partial charge in [0.1, 0.15) is 5.15 Å². The summed E-state index contributed by atoms with van der Waals surface area (Å²) in [5.74, 6) is 0. The van der Waals surface area contributed by atoms with Crippen LogP contribution in [0.15, 0.2) is 36.5 Å². The molecule has 10 heteroatoms. The normalized spacial score (nSPS) is 11.6. The lowest BCUT2D eigenvalue weighted by Gasteiger charge is -2.09. The molecule has 126 valence electrons. The van der Waals surface area contributed by atoms with Crippen molar-refractivity contribution in [2.75, 3.05) is 10.0 Å². The van der Waals surface area contributed by atoms with Crippen molar-refractivity contribution in [1.82, 2.24) is 14.8 Å². The van der Waals surface area contributed by atoms with E-state index in [1.807, 2.05) is 4.72 Å². The molecule has 0 atom stereocenters. The second-order valence-corrected chi connectivity index (χ2v) is 6.67. The molecular weight excluding hydrogens is 354 g/mol. The minimum absolute atomic E-state index is 0.280. The summed E-state index contributed by atoms with van der Waals surface area (Å²) < 4.78 is 33.9. The second-order valence-electron chi connectivity index (χ2n) is 5.13. The first kappa shape index (κ1) is 16.5. The highest BCUT2D eigenvalue weighted by Gasteiger charge is 2.09. The first-order chi connectivity index (χ1) is 11.3. The van der Waals surface area contributed by atoms with Crippen LogP contribution in [0.5, 0.6) is 0 Å². The molecule has 0 radical (unpaired) electrons. The van der Waals surface area contributed by atoms with E-state index in [0.717, 1.165) is 16.6 Å². The Morgan fingerprint density at radius 3 is 2.67 bits per heavy atom. The minimum atomic E-state index is -4.27. The van der Waals surface area contributed by atoms with Crippen molar-refractivity contribution >= 4 is 44.3 Å². The lowest BCUT2D eigenvalue weighted by Crippen LogP contribution is -2.10. The number of aryl methyl sites for hydroxylation is 1. The first-order valence-electron chi connectivity index (χ1n) is 6.88. The molecule has 3 rings (SSSR count). The fourth-order valence-corrected chi connectivity index (χ4v) is 2.89. The molecule has 3 N–H and O–H groups in total. The number of anilines is 2. The number of nitrogens with one attached hydrogen (secondary N) is 2. The predicted octanol–water partition coefficient (Wildman–Crippen LogP) is 2.45. The summed E-state index contributed by atoms with van der Waals surface area (Å²) in [6.07, 6.45) is 1.71. The van der Waals surface area contributed by atoms with Gasteiger partial charge >= 0.3 is 10.3 Å². The standard InChI is InChI=1S/C14H14ClN5O3S/c1-20-14-11(8-17-20)12(6-13(15)18-14)16-7-9-2-4-10(5-3-9)19-24(21,22)23/h2-6,8,19H,7H2,1H3,(H,16,18)(H,21,22,23). The summed E-state index contributed by atoms with van der Waals surface area (Å²) >= 11 is 6.04. The van der Waals surface area contributed by atoms with Crippen LogP contribution in [-0.4, -0.2) is 27.7 Å². The highest BCUT2D eigenvalue weighted by molar-refractivity contribution is 7.87. The van der Waals surface area contributed by atoms with E-state index in [4.69, 9.17) is 16.2 Å². The molecule has 2 heterocycles. The van der Waals surface area contributed by atoms with Crippen molar-refractivity contribution in [2.45, 2.75) is 6.54 Å². The van der Waals surface area contributed by atoms with E-state index in [2.05, 4.69) is 15.4 Å². The molecule has 0 aliphatic rings. The van der Waals surface area contributed by atoms with Gasteiger partial charge < -0.3 is 5.32 Å². The fraction of sp³-hybridized carbons (Fsp3) is 0.143. The molecule has 0 unspecified atom stereocenters. The van der Waals surface area contributed by atoms with Crippen LogP contribution in [0.1, 0.15) is 5.56 Å². The van der Waals surface area contributed by atoms with Gasteiger partial charge in [0.2, 0.25) is 0 Å². The van der Waals surface area contributed by atoms with Gasteiger partial charge in [0.15, 0.2) is 5.65 Å². The number of pyridine rings is 1.